The number of ether oxygens (including phenoxy) is 1. The highest BCUT2D eigenvalue weighted by atomic mass is 16.5. The molecule has 0 unspecified atom stereocenters. The summed E-state index contributed by atoms with van der Waals surface area (Å²) in [7, 11) is 1.63. The fraction of sp³-hybridized carbons (Fsp3) is 0.0588. The fourth-order valence-electron chi connectivity index (χ4n) is 1.43. The molecular formula is C17H12O2. The van der Waals surface area contributed by atoms with Crippen molar-refractivity contribution in [2.24, 2.45) is 0 Å². The van der Waals surface area contributed by atoms with Crippen molar-refractivity contribution in [3.63, 3.8) is 0 Å². The van der Waals surface area contributed by atoms with Gasteiger partial charge in [-0.25, -0.2) is 0 Å². The Balaban J connectivity index is 2.06. The summed E-state index contributed by atoms with van der Waals surface area (Å²) in [6.45, 7) is 0. The van der Waals surface area contributed by atoms with Crippen LogP contribution in [0.15, 0.2) is 48.5 Å². The topological polar surface area (TPSA) is 29.5 Å². The Labute approximate surface area is 112 Å². The molecule has 2 aromatic rings. The molecule has 0 aliphatic carbocycles. The van der Waals surface area contributed by atoms with Crippen LogP contribution in [0.2, 0.25) is 0 Å². The Morgan fingerprint density at radius 1 is 0.789 bits per heavy atom. The first-order chi connectivity index (χ1) is 9.28. The summed E-state index contributed by atoms with van der Waals surface area (Å²) < 4.78 is 5.07. The van der Waals surface area contributed by atoms with E-state index in [2.05, 4.69) is 23.7 Å². The molecule has 2 rings (SSSR count). The molecule has 0 saturated heterocycles. The minimum atomic E-state index is 0.231. The fourth-order valence-corrected chi connectivity index (χ4v) is 1.43. The lowest BCUT2D eigenvalue weighted by atomic mass is 10.2. The molecule has 0 heterocycles. The summed E-state index contributed by atoms with van der Waals surface area (Å²) in [4.78, 5) is 0. The Bertz CT molecular complexity index is 660. The molecule has 2 aromatic carbocycles. The van der Waals surface area contributed by atoms with Gasteiger partial charge in [0.15, 0.2) is 0 Å². The molecule has 1 N–H and O–H groups in total. The third-order valence-electron chi connectivity index (χ3n) is 2.43. The van der Waals surface area contributed by atoms with E-state index >= 15 is 0 Å². The van der Waals surface area contributed by atoms with Crippen LogP contribution in [0.1, 0.15) is 11.1 Å². The highest BCUT2D eigenvalue weighted by Crippen LogP contribution is 2.10. The molecule has 0 atom stereocenters. The Morgan fingerprint density at radius 2 is 1.26 bits per heavy atom. The molecule has 19 heavy (non-hydrogen) atoms. The number of phenolic OH excluding ortho intramolecular Hbond substituents is 1. The zero-order valence-electron chi connectivity index (χ0n) is 10.5. The Kier molecular flexibility index (Phi) is 4.11. The van der Waals surface area contributed by atoms with Crippen molar-refractivity contribution < 1.29 is 9.84 Å². The van der Waals surface area contributed by atoms with Crippen LogP contribution in [0.4, 0.5) is 0 Å². The summed E-state index contributed by atoms with van der Waals surface area (Å²) >= 11 is 0. The van der Waals surface area contributed by atoms with Crippen LogP contribution < -0.4 is 4.74 Å². The van der Waals surface area contributed by atoms with Gasteiger partial charge < -0.3 is 9.84 Å². The second-order valence-electron chi connectivity index (χ2n) is 3.78. The summed E-state index contributed by atoms with van der Waals surface area (Å²) in [5.41, 5.74) is 1.71. The van der Waals surface area contributed by atoms with Gasteiger partial charge in [-0.2, -0.15) is 0 Å². The molecule has 0 spiro atoms. The number of rotatable bonds is 1. The zero-order valence-corrected chi connectivity index (χ0v) is 10.5. The second-order valence-corrected chi connectivity index (χ2v) is 3.78. The van der Waals surface area contributed by atoms with Gasteiger partial charge in [-0.15, -0.1) is 0 Å². The van der Waals surface area contributed by atoms with E-state index < -0.39 is 0 Å². The lowest BCUT2D eigenvalue weighted by Crippen LogP contribution is -1.81. The molecule has 0 fully saturated rings. The standard InChI is InChI=1S/C17H12O2/c1-19-17-12-8-15(9-13-17)5-3-2-4-14-6-10-16(18)11-7-14/h6-13,18H,1H3. The minimum absolute atomic E-state index is 0.231. The summed E-state index contributed by atoms with van der Waals surface area (Å²) in [5, 5.41) is 9.13. The molecule has 0 amide bonds. The maximum Gasteiger partial charge on any atom is 0.118 e. The van der Waals surface area contributed by atoms with Crippen LogP contribution in [0.5, 0.6) is 11.5 Å². The first kappa shape index (κ1) is 12.6. The lowest BCUT2D eigenvalue weighted by Gasteiger charge is -1.96. The van der Waals surface area contributed by atoms with Crippen molar-refractivity contribution in [2.75, 3.05) is 7.11 Å². The number of hydrogen-bond acceptors (Lipinski definition) is 2. The average molecular weight is 248 g/mol. The van der Waals surface area contributed by atoms with Crippen molar-refractivity contribution in [3.8, 4) is 35.2 Å². The number of phenols is 1. The maximum absolute atomic E-state index is 9.13. The number of methoxy groups -OCH3 is 1. The highest BCUT2D eigenvalue weighted by molar-refractivity contribution is 5.46. The summed E-state index contributed by atoms with van der Waals surface area (Å²) in [6.07, 6.45) is 0. The van der Waals surface area contributed by atoms with E-state index in [9.17, 15) is 0 Å². The van der Waals surface area contributed by atoms with Crippen LogP contribution in [0, 0.1) is 23.7 Å². The van der Waals surface area contributed by atoms with E-state index in [1.54, 1.807) is 31.4 Å². The normalized spacial score (nSPS) is 8.68. The first-order valence-electron chi connectivity index (χ1n) is 5.73. The average Bonchev–Trinajstić information content (AvgIpc) is 2.46. The van der Waals surface area contributed by atoms with Gasteiger partial charge in [0.25, 0.3) is 0 Å². The van der Waals surface area contributed by atoms with Crippen molar-refractivity contribution >= 4 is 0 Å². The molecule has 2 heteroatoms. The van der Waals surface area contributed by atoms with Gasteiger partial charge in [0, 0.05) is 11.1 Å². The highest BCUT2D eigenvalue weighted by Gasteiger charge is 1.89. The van der Waals surface area contributed by atoms with Crippen molar-refractivity contribution in [1.29, 1.82) is 0 Å². The minimum Gasteiger partial charge on any atom is -0.508 e. The Morgan fingerprint density at radius 3 is 1.74 bits per heavy atom. The van der Waals surface area contributed by atoms with Crippen LogP contribution in [-0.2, 0) is 0 Å². The quantitative estimate of drug-likeness (QED) is 0.786. The molecule has 0 aromatic heterocycles. The third kappa shape index (κ3) is 3.84. The first-order valence-corrected chi connectivity index (χ1v) is 5.73. The predicted molar refractivity (Wildman–Crippen MR) is 74.9 cm³/mol. The molecule has 0 aliphatic heterocycles. The van der Waals surface area contributed by atoms with Crippen LogP contribution >= 0.6 is 0 Å². The molecule has 0 aliphatic rings. The second kappa shape index (κ2) is 6.19. The molecule has 2 nitrogen and oxygen atoms in total. The van der Waals surface area contributed by atoms with Gasteiger partial charge in [-0.05, 0) is 60.4 Å². The van der Waals surface area contributed by atoms with Gasteiger partial charge >= 0.3 is 0 Å². The van der Waals surface area contributed by atoms with Gasteiger partial charge in [0.05, 0.1) is 7.11 Å². The van der Waals surface area contributed by atoms with Crippen LogP contribution in [0.25, 0.3) is 0 Å². The van der Waals surface area contributed by atoms with Gasteiger partial charge in [0.1, 0.15) is 11.5 Å². The maximum atomic E-state index is 9.13. The van der Waals surface area contributed by atoms with E-state index in [0.717, 1.165) is 16.9 Å². The number of benzene rings is 2. The van der Waals surface area contributed by atoms with Gasteiger partial charge in [-0.3, -0.25) is 0 Å². The van der Waals surface area contributed by atoms with Crippen molar-refractivity contribution in [3.05, 3.63) is 59.7 Å². The Hall–Kier alpha value is -2.84. The van der Waals surface area contributed by atoms with Gasteiger partial charge in [0.2, 0.25) is 0 Å². The summed E-state index contributed by atoms with van der Waals surface area (Å²) in [6, 6.07) is 14.2. The van der Waals surface area contributed by atoms with E-state index in [0.29, 0.717) is 0 Å². The number of aromatic hydroxyl groups is 1. The van der Waals surface area contributed by atoms with Crippen LogP contribution in [-0.4, -0.2) is 12.2 Å². The predicted octanol–water partition coefficient (Wildman–Crippen LogP) is 2.80. The van der Waals surface area contributed by atoms with E-state index in [1.807, 2.05) is 24.3 Å². The molecule has 0 bridgehead atoms. The van der Waals surface area contributed by atoms with Crippen molar-refractivity contribution in [1.82, 2.24) is 0 Å². The van der Waals surface area contributed by atoms with Crippen LogP contribution in [0.3, 0.4) is 0 Å². The van der Waals surface area contributed by atoms with Crippen molar-refractivity contribution in [2.45, 2.75) is 0 Å². The summed E-state index contributed by atoms with van der Waals surface area (Å²) in [5.74, 6) is 12.5. The van der Waals surface area contributed by atoms with E-state index in [1.165, 1.54) is 0 Å². The van der Waals surface area contributed by atoms with E-state index in [-0.39, 0.29) is 5.75 Å². The lowest BCUT2D eigenvalue weighted by molar-refractivity contribution is 0.415. The van der Waals surface area contributed by atoms with Gasteiger partial charge in [-0.1, -0.05) is 11.8 Å². The largest absolute Gasteiger partial charge is 0.508 e. The van der Waals surface area contributed by atoms with E-state index in [4.69, 9.17) is 9.84 Å². The zero-order chi connectivity index (χ0) is 13.5. The molecule has 0 saturated carbocycles. The smallest absolute Gasteiger partial charge is 0.118 e. The molecule has 0 radical (unpaired) electrons. The molecular weight excluding hydrogens is 236 g/mol. The molecule has 92 valence electrons. The SMILES string of the molecule is COc1ccc(C#CC#Cc2ccc(O)cc2)cc1. The third-order valence-corrected chi connectivity index (χ3v) is 2.43. The monoisotopic (exact) mass is 248 g/mol. The number of hydrogen-bond donors (Lipinski definition) is 1.